The summed E-state index contributed by atoms with van der Waals surface area (Å²) in [5.74, 6) is 0.264. The minimum Gasteiger partial charge on any atom is -0.211 e. The number of fused-ring (bicyclic) bond motifs is 1. The summed E-state index contributed by atoms with van der Waals surface area (Å²) in [6, 6.07) is 7.14. The van der Waals surface area contributed by atoms with E-state index < -0.39 is 10.0 Å². The van der Waals surface area contributed by atoms with Crippen LogP contribution in [0.3, 0.4) is 0 Å². The van der Waals surface area contributed by atoms with Gasteiger partial charge in [0.05, 0.1) is 4.90 Å². The molecule has 0 aromatic heterocycles. The lowest BCUT2D eigenvalue weighted by atomic mass is 10.0. The molecule has 0 bridgehead atoms. The maximum absolute atomic E-state index is 11.5. The van der Waals surface area contributed by atoms with Crippen LogP contribution in [0, 0.1) is 0 Å². The molecule has 0 aliphatic carbocycles. The van der Waals surface area contributed by atoms with Gasteiger partial charge in [-0.1, -0.05) is 25.1 Å². The van der Waals surface area contributed by atoms with Gasteiger partial charge in [-0.05, 0) is 17.5 Å². The zero-order valence-electron chi connectivity index (χ0n) is 7.32. The van der Waals surface area contributed by atoms with Crippen molar-refractivity contribution in [1.82, 2.24) is 4.72 Å². The van der Waals surface area contributed by atoms with Crippen molar-refractivity contribution < 1.29 is 8.42 Å². The van der Waals surface area contributed by atoms with Crippen LogP contribution in [0.2, 0.25) is 0 Å². The number of benzene rings is 1. The van der Waals surface area contributed by atoms with E-state index in [2.05, 4.69) is 4.72 Å². The standard InChI is InChI=1S/C9H11NO2S/c1-7-6-10-13(11,12)9-5-3-2-4-8(7)9/h2-5,7,10H,6H2,1H3/t7-/m1/s1. The van der Waals surface area contributed by atoms with Gasteiger partial charge in [0.25, 0.3) is 0 Å². The van der Waals surface area contributed by atoms with Crippen LogP contribution < -0.4 is 4.72 Å². The predicted molar refractivity (Wildman–Crippen MR) is 50.0 cm³/mol. The molecule has 0 spiro atoms. The first-order valence-electron chi connectivity index (χ1n) is 4.20. The van der Waals surface area contributed by atoms with Crippen LogP contribution >= 0.6 is 0 Å². The fraction of sp³-hybridized carbons (Fsp3) is 0.333. The van der Waals surface area contributed by atoms with Gasteiger partial charge < -0.3 is 0 Å². The smallest absolute Gasteiger partial charge is 0.211 e. The summed E-state index contributed by atoms with van der Waals surface area (Å²) < 4.78 is 25.6. The SMILES string of the molecule is C[C@@H]1CNS(=O)(=O)c2ccccc21. The molecule has 1 heterocycles. The summed E-state index contributed by atoms with van der Waals surface area (Å²) >= 11 is 0. The maximum atomic E-state index is 11.5. The summed E-state index contributed by atoms with van der Waals surface area (Å²) in [6.45, 7) is 2.51. The fourth-order valence-electron chi connectivity index (χ4n) is 1.55. The predicted octanol–water partition coefficient (Wildman–Crippen LogP) is 1.08. The van der Waals surface area contributed by atoms with E-state index in [1.165, 1.54) is 0 Å². The van der Waals surface area contributed by atoms with Crippen LogP contribution in [0.5, 0.6) is 0 Å². The maximum Gasteiger partial charge on any atom is 0.240 e. The molecule has 1 aliphatic rings. The third-order valence-electron chi connectivity index (χ3n) is 2.32. The summed E-state index contributed by atoms with van der Waals surface area (Å²) in [5.41, 5.74) is 0.918. The van der Waals surface area contributed by atoms with E-state index in [0.717, 1.165) is 5.56 Å². The van der Waals surface area contributed by atoms with Gasteiger partial charge in [0.15, 0.2) is 0 Å². The van der Waals surface area contributed by atoms with Gasteiger partial charge in [-0.25, -0.2) is 13.1 Å². The molecule has 1 atom stereocenters. The van der Waals surface area contributed by atoms with Crippen molar-refractivity contribution in [1.29, 1.82) is 0 Å². The van der Waals surface area contributed by atoms with E-state index in [1.54, 1.807) is 12.1 Å². The topological polar surface area (TPSA) is 46.2 Å². The number of nitrogens with one attached hydrogen (secondary N) is 1. The van der Waals surface area contributed by atoms with Gasteiger partial charge in [0.1, 0.15) is 0 Å². The van der Waals surface area contributed by atoms with Gasteiger partial charge in [-0.3, -0.25) is 0 Å². The van der Waals surface area contributed by atoms with Crippen LogP contribution in [0.4, 0.5) is 0 Å². The Labute approximate surface area is 77.8 Å². The number of rotatable bonds is 0. The average Bonchev–Trinajstić information content (AvgIpc) is 2.13. The van der Waals surface area contributed by atoms with Gasteiger partial charge in [-0.2, -0.15) is 0 Å². The van der Waals surface area contributed by atoms with E-state index in [0.29, 0.717) is 11.4 Å². The summed E-state index contributed by atoms with van der Waals surface area (Å²) in [6.07, 6.45) is 0. The molecular formula is C9H11NO2S. The van der Waals surface area contributed by atoms with Crippen LogP contribution in [0.1, 0.15) is 18.4 Å². The highest BCUT2D eigenvalue weighted by Gasteiger charge is 2.26. The lowest BCUT2D eigenvalue weighted by molar-refractivity contribution is 0.559. The van der Waals surface area contributed by atoms with Crippen LogP contribution in [-0.4, -0.2) is 15.0 Å². The van der Waals surface area contributed by atoms with Gasteiger partial charge in [0, 0.05) is 6.54 Å². The molecule has 0 fully saturated rings. The molecule has 0 saturated heterocycles. The fourth-order valence-corrected chi connectivity index (χ4v) is 3.02. The number of hydrogen-bond acceptors (Lipinski definition) is 2. The second kappa shape index (κ2) is 2.82. The highest BCUT2D eigenvalue weighted by molar-refractivity contribution is 7.89. The molecule has 4 heteroatoms. The summed E-state index contributed by atoms with van der Waals surface area (Å²) in [5, 5.41) is 0. The molecule has 0 amide bonds. The van der Waals surface area contributed by atoms with Gasteiger partial charge in [0.2, 0.25) is 10.0 Å². The molecule has 13 heavy (non-hydrogen) atoms. The van der Waals surface area contributed by atoms with Crippen molar-refractivity contribution in [3.05, 3.63) is 29.8 Å². The Kier molecular flexibility index (Phi) is 1.89. The Morgan fingerprint density at radius 1 is 1.38 bits per heavy atom. The minimum absolute atomic E-state index is 0.264. The lowest BCUT2D eigenvalue weighted by Crippen LogP contribution is -2.33. The Hall–Kier alpha value is -0.870. The quantitative estimate of drug-likeness (QED) is 0.676. The number of sulfonamides is 1. The van der Waals surface area contributed by atoms with Crippen LogP contribution in [0.25, 0.3) is 0 Å². The Bertz CT molecular complexity index is 425. The monoisotopic (exact) mass is 197 g/mol. The van der Waals surface area contributed by atoms with Gasteiger partial charge >= 0.3 is 0 Å². The third kappa shape index (κ3) is 1.36. The molecule has 3 nitrogen and oxygen atoms in total. The van der Waals surface area contributed by atoms with E-state index in [4.69, 9.17) is 0 Å². The first-order valence-corrected chi connectivity index (χ1v) is 5.68. The third-order valence-corrected chi connectivity index (χ3v) is 3.82. The molecule has 70 valence electrons. The zero-order chi connectivity index (χ0) is 9.47. The molecular weight excluding hydrogens is 186 g/mol. The summed E-state index contributed by atoms with van der Waals surface area (Å²) in [7, 11) is -3.22. The molecule has 0 unspecified atom stereocenters. The second-order valence-corrected chi connectivity index (χ2v) is 5.03. The van der Waals surface area contributed by atoms with E-state index in [-0.39, 0.29) is 5.92 Å². The highest BCUT2D eigenvalue weighted by atomic mass is 32.2. The first-order chi connectivity index (χ1) is 6.11. The molecule has 1 aromatic rings. The Balaban J connectivity index is 2.68. The highest BCUT2D eigenvalue weighted by Crippen LogP contribution is 2.27. The molecule has 0 saturated carbocycles. The lowest BCUT2D eigenvalue weighted by Gasteiger charge is -2.22. The van der Waals surface area contributed by atoms with Crippen molar-refractivity contribution >= 4 is 10.0 Å². The van der Waals surface area contributed by atoms with E-state index in [1.807, 2.05) is 19.1 Å². The largest absolute Gasteiger partial charge is 0.240 e. The summed E-state index contributed by atoms with van der Waals surface area (Å²) in [4.78, 5) is 0.425. The Morgan fingerprint density at radius 2 is 2.08 bits per heavy atom. The molecule has 1 aromatic carbocycles. The van der Waals surface area contributed by atoms with Crippen molar-refractivity contribution in [3.8, 4) is 0 Å². The molecule has 1 N–H and O–H groups in total. The Morgan fingerprint density at radius 3 is 2.77 bits per heavy atom. The van der Waals surface area contributed by atoms with Crippen molar-refractivity contribution in [3.63, 3.8) is 0 Å². The average molecular weight is 197 g/mol. The number of hydrogen-bond donors (Lipinski definition) is 1. The molecule has 1 aliphatic heterocycles. The van der Waals surface area contributed by atoms with Crippen molar-refractivity contribution in [2.45, 2.75) is 17.7 Å². The van der Waals surface area contributed by atoms with E-state index >= 15 is 0 Å². The normalized spacial score (nSPS) is 25.2. The zero-order valence-corrected chi connectivity index (χ0v) is 8.14. The molecule has 0 radical (unpaired) electrons. The van der Waals surface area contributed by atoms with Crippen LogP contribution in [-0.2, 0) is 10.0 Å². The first kappa shape index (κ1) is 8.72. The van der Waals surface area contributed by atoms with E-state index in [9.17, 15) is 8.42 Å². The van der Waals surface area contributed by atoms with Crippen molar-refractivity contribution in [2.24, 2.45) is 0 Å². The van der Waals surface area contributed by atoms with Crippen molar-refractivity contribution in [2.75, 3.05) is 6.54 Å². The van der Waals surface area contributed by atoms with Crippen LogP contribution in [0.15, 0.2) is 29.2 Å². The van der Waals surface area contributed by atoms with Gasteiger partial charge in [-0.15, -0.1) is 0 Å². The minimum atomic E-state index is -3.22. The second-order valence-electron chi connectivity index (χ2n) is 3.29. The molecule has 2 rings (SSSR count).